The first-order chi connectivity index (χ1) is 7.81. The van der Waals surface area contributed by atoms with Crippen LogP contribution in [0.5, 0.6) is 5.75 Å². The average Bonchev–Trinajstić information content (AvgIpc) is 2.72. The normalized spacial score (nSPS) is 13.6. The smallest absolute Gasteiger partial charge is 0.126 e. The molecule has 0 aromatic heterocycles. The van der Waals surface area contributed by atoms with Gasteiger partial charge in [0.2, 0.25) is 0 Å². The van der Waals surface area contributed by atoms with Crippen molar-refractivity contribution in [3.8, 4) is 5.75 Å². The molecule has 0 fully saturated rings. The van der Waals surface area contributed by atoms with E-state index in [2.05, 4.69) is 0 Å². The van der Waals surface area contributed by atoms with E-state index in [0.29, 0.717) is 0 Å². The van der Waals surface area contributed by atoms with Crippen LogP contribution in [0, 0.1) is 0 Å². The number of halogens is 1. The van der Waals surface area contributed by atoms with Gasteiger partial charge in [-0.3, -0.25) is 0 Å². The Labute approximate surface area is 105 Å². The van der Waals surface area contributed by atoms with Crippen LogP contribution in [-0.4, -0.2) is 24.1 Å². The number of fused-ring (bicyclic) bond motifs is 1. The summed E-state index contributed by atoms with van der Waals surface area (Å²) in [5, 5.41) is 9.50. The van der Waals surface area contributed by atoms with Gasteiger partial charge in [0.15, 0.2) is 0 Å². The van der Waals surface area contributed by atoms with Gasteiger partial charge in [0.25, 0.3) is 0 Å². The molecule has 1 aromatic rings. The number of rotatable bonds is 5. The molecule has 1 aliphatic rings. The minimum Gasteiger partial charge on any atom is -0.493 e. The summed E-state index contributed by atoms with van der Waals surface area (Å²) in [6.07, 6.45) is 1.80. The monoisotopic (exact) mass is 258 g/mol. The minimum atomic E-state index is 0.261. The van der Waals surface area contributed by atoms with Gasteiger partial charge in [-0.2, -0.15) is 11.8 Å². The summed E-state index contributed by atoms with van der Waals surface area (Å²) >= 11 is 7.87. The van der Waals surface area contributed by atoms with E-state index in [1.54, 1.807) is 0 Å². The summed E-state index contributed by atoms with van der Waals surface area (Å²) in [6, 6.07) is 3.98. The van der Waals surface area contributed by atoms with Gasteiger partial charge in [-0.15, -0.1) is 0 Å². The van der Waals surface area contributed by atoms with Crippen LogP contribution in [0.1, 0.15) is 17.5 Å². The van der Waals surface area contributed by atoms with Gasteiger partial charge in [0.1, 0.15) is 5.75 Å². The van der Waals surface area contributed by atoms with Crippen molar-refractivity contribution in [3.63, 3.8) is 0 Å². The second kappa shape index (κ2) is 5.80. The molecule has 4 heteroatoms. The standard InChI is InChI=1S/C12H15ClO2S/c13-11-6-9-2-4-15-12(9)10(7-11)8-16-5-1-3-14/h6-7,14H,1-5,8H2. The largest absolute Gasteiger partial charge is 0.493 e. The molecule has 2 rings (SSSR count). The van der Waals surface area contributed by atoms with Crippen LogP contribution in [-0.2, 0) is 12.2 Å². The Morgan fingerprint density at radius 1 is 1.44 bits per heavy atom. The zero-order valence-electron chi connectivity index (χ0n) is 9.04. The van der Waals surface area contributed by atoms with Crippen LogP contribution in [0.15, 0.2) is 12.1 Å². The first kappa shape index (κ1) is 12.1. The molecule has 1 aromatic carbocycles. The van der Waals surface area contributed by atoms with Crippen molar-refractivity contribution in [2.75, 3.05) is 19.0 Å². The fourth-order valence-corrected chi connectivity index (χ4v) is 2.98. The highest BCUT2D eigenvalue weighted by Crippen LogP contribution is 2.34. The van der Waals surface area contributed by atoms with Gasteiger partial charge >= 0.3 is 0 Å². The second-order valence-corrected chi connectivity index (χ2v) is 5.32. The summed E-state index contributed by atoms with van der Waals surface area (Å²) in [7, 11) is 0. The third kappa shape index (κ3) is 2.84. The van der Waals surface area contributed by atoms with Crippen molar-refractivity contribution in [1.29, 1.82) is 0 Å². The summed E-state index contributed by atoms with van der Waals surface area (Å²) < 4.78 is 5.62. The number of ether oxygens (including phenoxy) is 1. The Balaban J connectivity index is 2.03. The van der Waals surface area contributed by atoms with Crippen LogP contribution in [0.25, 0.3) is 0 Å². The number of aliphatic hydroxyl groups excluding tert-OH is 1. The van der Waals surface area contributed by atoms with Crippen molar-refractivity contribution in [2.24, 2.45) is 0 Å². The molecule has 16 heavy (non-hydrogen) atoms. The Morgan fingerprint density at radius 3 is 3.12 bits per heavy atom. The average molecular weight is 259 g/mol. The summed E-state index contributed by atoms with van der Waals surface area (Å²) in [5.41, 5.74) is 2.41. The van der Waals surface area contributed by atoms with Gasteiger partial charge in [-0.25, -0.2) is 0 Å². The topological polar surface area (TPSA) is 29.5 Å². The molecule has 0 saturated carbocycles. The highest BCUT2D eigenvalue weighted by atomic mass is 35.5. The Bertz CT molecular complexity index is 368. The maximum atomic E-state index is 8.70. The van der Waals surface area contributed by atoms with Gasteiger partial charge in [-0.05, 0) is 29.9 Å². The molecular weight excluding hydrogens is 244 g/mol. The first-order valence-electron chi connectivity index (χ1n) is 5.44. The molecule has 88 valence electrons. The number of hydrogen-bond acceptors (Lipinski definition) is 3. The molecule has 0 bridgehead atoms. The predicted octanol–water partition coefficient (Wildman–Crippen LogP) is 2.89. The van der Waals surface area contributed by atoms with Crippen LogP contribution >= 0.6 is 23.4 Å². The lowest BCUT2D eigenvalue weighted by molar-refractivity contribution is 0.296. The quantitative estimate of drug-likeness (QED) is 0.824. The lowest BCUT2D eigenvalue weighted by Crippen LogP contribution is -1.92. The summed E-state index contributed by atoms with van der Waals surface area (Å²) in [6.45, 7) is 1.03. The SMILES string of the molecule is OCCCSCc1cc(Cl)cc2c1OCC2. The van der Waals surface area contributed by atoms with Crippen molar-refractivity contribution in [3.05, 3.63) is 28.3 Å². The van der Waals surface area contributed by atoms with Gasteiger partial charge in [0, 0.05) is 29.4 Å². The van der Waals surface area contributed by atoms with E-state index in [0.717, 1.165) is 41.7 Å². The third-order valence-electron chi connectivity index (χ3n) is 2.53. The molecule has 0 radical (unpaired) electrons. The molecule has 0 atom stereocenters. The summed E-state index contributed by atoms with van der Waals surface area (Å²) in [5.74, 6) is 2.90. The Kier molecular flexibility index (Phi) is 4.38. The highest BCUT2D eigenvalue weighted by molar-refractivity contribution is 7.98. The van der Waals surface area contributed by atoms with Crippen LogP contribution < -0.4 is 4.74 Å². The summed E-state index contributed by atoms with van der Waals surface area (Å²) in [4.78, 5) is 0. The molecule has 1 heterocycles. The zero-order chi connectivity index (χ0) is 11.4. The minimum absolute atomic E-state index is 0.261. The van der Waals surface area contributed by atoms with E-state index >= 15 is 0 Å². The maximum absolute atomic E-state index is 8.70. The van der Waals surface area contributed by atoms with Gasteiger partial charge in [-0.1, -0.05) is 11.6 Å². The van der Waals surface area contributed by atoms with Crippen molar-refractivity contribution in [1.82, 2.24) is 0 Å². The molecule has 0 aliphatic carbocycles. The van der Waals surface area contributed by atoms with Crippen molar-refractivity contribution >= 4 is 23.4 Å². The van der Waals surface area contributed by atoms with Crippen molar-refractivity contribution in [2.45, 2.75) is 18.6 Å². The zero-order valence-corrected chi connectivity index (χ0v) is 10.6. The molecule has 1 N–H and O–H groups in total. The van der Waals surface area contributed by atoms with Crippen LogP contribution in [0.2, 0.25) is 5.02 Å². The third-order valence-corrected chi connectivity index (χ3v) is 3.84. The van der Waals surface area contributed by atoms with E-state index in [-0.39, 0.29) is 6.61 Å². The van der Waals surface area contributed by atoms with E-state index in [1.165, 1.54) is 11.1 Å². The predicted molar refractivity (Wildman–Crippen MR) is 68.5 cm³/mol. The van der Waals surface area contributed by atoms with E-state index in [1.807, 2.05) is 23.9 Å². The Hall–Kier alpha value is -0.380. The number of thioether (sulfide) groups is 1. The van der Waals surface area contributed by atoms with Gasteiger partial charge in [0.05, 0.1) is 6.61 Å². The Morgan fingerprint density at radius 2 is 2.31 bits per heavy atom. The fourth-order valence-electron chi connectivity index (χ4n) is 1.80. The van der Waals surface area contributed by atoms with E-state index in [9.17, 15) is 0 Å². The van der Waals surface area contributed by atoms with Crippen molar-refractivity contribution < 1.29 is 9.84 Å². The lowest BCUT2D eigenvalue weighted by Gasteiger charge is -2.08. The molecule has 0 saturated heterocycles. The van der Waals surface area contributed by atoms with Gasteiger partial charge < -0.3 is 9.84 Å². The molecule has 2 nitrogen and oxygen atoms in total. The van der Waals surface area contributed by atoms with Crippen LogP contribution in [0.4, 0.5) is 0 Å². The number of benzene rings is 1. The maximum Gasteiger partial charge on any atom is 0.126 e. The molecular formula is C12H15ClO2S. The lowest BCUT2D eigenvalue weighted by atomic mass is 10.1. The molecule has 0 unspecified atom stereocenters. The fraction of sp³-hybridized carbons (Fsp3) is 0.500. The number of aliphatic hydroxyl groups is 1. The first-order valence-corrected chi connectivity index (χ1v) is 6.97. The highest BCUT2D eigenvalue weighted by Gasteiger charge is 2.17. The van der Waals surface area contributed by atoms with E-state index in [4.69, 9.17) is 21.4 Å². The molecule has 0 spiro atoms. The molecule has 0 amide bonds. The number of hydrogen-bond donors (Lipinski definition) is 1. The van der Waals surface area contributed by atoms with E-state index < -0.39 is 0 Å². The molecule has 1 aliphatic heterocycles. The van der Waals surface area contributed by atoms with Crippen LogP contribution in [0.3, 0.4) is 0 Å². The second-order valence-electron chi connectivity index (χ2n) is 3.78.